The van der Waals surface area contributed by atoms with Crippen LogP contribution in [-0.2, 0) is 4.79 Å². The molecule has 2 amide bonds. The molecule has 0 bridgehead atoms. The number of rotatable bonds is 7. The smallest absolute Gasteiger partial charge is 0.326 e. The van der Waals surface area contributed by atoms with Crippen LogP contribution in [0.5, 0.6) is 0 Å². The second-order valence-corrected chi connectivity index (χ2v) is 5.12. The van der Waals surface area contributed by atoms with E-state index in [1.165, 1.54) is 25.7 Å². The van der Waals surface area contributed by atoms with Crippen molar-refractivity contribution in [1.29, 1.82) is 0 Å². The van der Waals surface area contributed by atoms with Crippen molar-refractivity contribution in [3.8, 4) is 0 Å². The maximum Gasteiger partial charge on any atom is 0.326 e. The lowest BCUT2D eigenvalue weighted by atomic mass is 10.2. The van der Waals surface area contributed by atoms with Crippen molar-refractivity contribution in [3.05, 3.63) is 0 Å². The van der Waals surface area contributed by atoms with Crippen LogP contribution in [0, 0.1) is 0 Å². The predicted molar refractivity (Wildman–Crippen MR) is 73.1 cm³/mol. The van der Waals surface area contributed by atoms with Crippen LogP contribution < -0.4 is 10.6 Å². The van der Waals surface area contributed by atoms with Crippen molar-refractivity contribution in [2.24, 2.45) is 0 Å². The molecule has 0 aliphatic heterocycles. The van der Waals surface area contributed by atoms with Gasteiger partial charge in [0.1, 0.15) is 6.04 Å². The molecule has 1 atom stereocenters. The van der Waals surface area contributed by atoms with E-state index in [2.05, 4.69) is 22.6 Å². The zero-order valence-electron chi connectivity index (χ0n) is 11.8. The highest BCUT2D eigenvalue weighted by molar-refractivity contribution is 5.82. The van der Waals surface area contributed by atoms with Gasteiger partial charge < -0.3 is 20.6 Å². The highest BCUT2D eigenvalue weighted by Gasteiger charge is 2.20. The molecule has 3 N–H and O–H groups in total. The molecule has 1 fully saturated rings. The highest BCUT2D eigenvalue weighted by atomic mass is 16.4. The van der Waals surface area contributed by atoms with Gasteiger partial charge >= 0.3 is 12.0 Å². The molecular formula is C13H25N3O3. The lowest BCUT2D eigenvalue weighted by Gasteiger charge is -2.24. The first-order valence-corrected chi connectivity index (χ1v) is 7.02. The number of carbonyl (C=O) groups is 2. The Morgan fingerprint density at radius 2 is 2.00 bits per heavy atom. The van der Waals surface area contributed by atoms with Gasteiger partial charge in [0.15, 0.2) is 0 Å². The number of carboxylic acids is 1. The van der Waals surface area contributed by atoms with Crippen LogP contribution >= 0.6 is 0 Å². The summed E-state index contributed by atoms with van der Waals surface area (Å²) in [7, 11) is 2.07. The SMILES string of the molecule is CC[C@H](NC(=O)NCCN(C)C1CCCC1)C(=O)O. The molecule has 0 spiro atoms. The molecule has 0 aromatic rings. The van der Waals surface area contributed by atoms with E-state index in [1.807, 2.05) is 0 Å². The van der Waals surface area contributed by atoms with Crippen molar-refractivity contribution in [2.45, 2.75) is 51.1 Å². The number of hydrogen-bond donors (Lipinski definition) is 3. The molecule has 0 saturated heterocycles. The molecule has 110 valence electrons. The lowest BCUT2D eigenvalue weighted by molar-refractivity contribution is -0.139. The van der Waals surface area contributed by atoms with Gasteiger partial charge in [-0.15, -0.1) is 0 Å². The van der Waals surface area contributed by atoms with Crippen LogP contribution in [0.25, 0.3) is 0 Å². The zero-order chi connectivity index (χ0) is 14.3. The summed E-state index contributed by atoms with van der Waals surface area (Å²) in [5.41, 5.74) is 0. The first kappa shape index (κ1) is 15.8. The van der Waals surface area contributed by atoms with E-state index < -0.39 is 18.0 Å². The molecular weight excluding hydrogens is 246 g/mol. The third-order valence-corrected chi connectivity index (χ3v) is 3.71. The van der Waals surface area contributed by atoms with E-state index in [0.29, 0.717) is 19.0 Å². The molecule has 6 heteroatoms. The van der Waals surface area contributed by atoms with E-state index in [1.54, 1.807) is 6.92 Å². The van der Waals surface area contributed by atoms with Gasteiger partial charge in [-0.3, -0.25) is 0 Å². The quantitative estimate of drug-likeness (QED) is 0.646. The first-order chi connectivity index (χ1) is 9.04. The van der Waals surface area contributed by atoms with Gasteiger partial charge in [0.05, 0.1) is 0 Å². The number of hydrogen-bond acceptors (Lipinski definition) is 3. The number of nitrogens with one attached hydrogen (secondary N) is 2. The lowest BCUT2D eigenvalue weighted by Crippen LogP contribution is -2.47. The Labute approximate surface area is 114 Å². The molecule has 1 rings (SSSR count). The van der Waals surface area contributed by atoms with Crippen LogP contribution in [-0.4, -0.2) is 54.2 Å². The summed E-state index contributed by atoms with van der Waals surface area (Å²) in [6, 6.07) is -0.589. The van der Waals surface area contributed by atoms with Crippen LogP contribution in [0.2, 0.25) is 0 Å². The van der Waals surface area contributed by atoms with Crippen LogP contribution in [0.1, 0.15) is 39.0 Å². The topological polar surface area (TPSA) is 81.7 Å². The average Bonchev–Trinajstić information content (AvgIpc) is 2.89. The van der Waals surface area contributed by atoms with Crippen molar-refractivity contribution in [2.75, 3.05) is 20.1 Å². The summed E-state index contributed by atoms with van der Waals surface area (Å²) in [6.45, 7) is 3.06. The number of amides is 2. The highest BCUT2D eigenvalue weighted by Crippen LogP contribution is 2.21. The molecule has 0 heterocycles. The minimum absolute atomic E-state index is 0.380. The molecule has 1 aliphatic carbocycles. The van der Waals surface area contributed by atoms with Gasteiger partial charge in [-0.1, -0.05) is 19.8 Å². The van der Waals surface area contributed by atoms with Gasteiger partial charge in [0.2, 0.25) is 0 Å². The van der Waals surface area contributed by atoms with Crippen LogP contribution in [0.3, 0.4) is 0 Å². The maximum absolute atomic E-state index is 11.5. The largest absolute Gasteiger partial charge is 0.480 e. The minimum Gasteiger partial charge on any atom is -0.480 e. The molecule has 0 aromatic heterocycles. The Morgan fingerprint density at radius 3 is 2.53 bits per heavy atom. The Hall–Kier alpha value is -1.30. The van der Waals surface area contributed by atoms with Gasteiger partial charge in [0, 0.05) is 19.1 Å². The molecule has 0 unspecified atom stereocenters. The number of likely N-dealkylation sites (N-methyl/N-ethyl adjacent to an activating group) is 1. The summed E-state index contributed by atoms with van der Waals surface area (Å²) < 4.78 is 0. The van der Waals surface area contributed by atoms with E-state index in [0.717, 1.165) is 6.54 Å². The summed E-state index contributed by atoms with van der Waals surface area (Å²) in [5, 5.41) is 14.0. The van der Waals surface area contributed by atoms with Crippen LogP contribution in [0.15, 0.2) is 0 Å². The first-order valence-electron chi connectivity index (χ1n) is 7.02. The van der Waals surface area contributed by atoms with Crippen molar-refractivity contribution >= 4 is 12.0 Å². The summed E-state index contributed by atoms with van der Waals surface area (Å²) in [6.07, 6.45) is 5.43. The fourth-order valence-electron chi connectivity index (χ4n) is 2.42. The standard InChI is InChI=1S/C13H25N3O3/c1-3-11(12(17)18)15-13(19)14-8-9-16(2)10-6-4-5-7-10/h10-11H,3-9H2,1-2H3,(H,17,18)(H2,14,15,19)/t11-/m0/s1. The van der Waals surface area contributed by atoms with Gasteiger partial charge in [-0.2, -0.15) is 0 Å². The van der Waals surface area contributed by atoms with Gasteiger partial charge in [-0.05, 0) is 26.3 Å². The van der Waals surface area contributed by atoms with E-state index >= 15 is 0 Å². The molecule has 6 nitrogen and oxygen atoms in total. The fourth-order valence-corrected chi connectivity index (χ4v) is 2.42. The summed E-state index contributed by atoms with van der Waals surface area (Å²) in [4.78, 5) is 24.6. The second kappa shape index (κ2) is 7.99. The predicted octanol–water partition coefficient (Wildman–Crippen LogP) is 1.02. The van der Waals surface area contributed by atoms with Crippen molar-refractivity contribution in [3.63, 3.8) is 0 Å². The average molecular weight is 271 g/mol. The fraction of sp³-hybridized carbons (Fsp3) is 0.846. The molecule has 19 heavy (non-hydrogen) atoms. The third-order valence-electron chi connectivity index (χ3n) is 3.71. The minimum atomic E-state index is -0.999. The number of carbonyl (C=O) groups excluding carboxylic acids is 1. The van der Waals surface area contributed by atoms with Crippen LogP contribution in [0.4, 0.5) is 4.79 Å². The van der Waals surface area contributed by atoms with Gasteiger partial charge in [0.25, 0.3) is 0 Å². The Kier molecular flexibility index (Phi) is 6.62. The Balaban J connectivity index is 2.17. The zero-order valence-corrected chi connectivity index (χ0v) is 11.8. The van der Waals surface area contributed by atoms with Gasteiger partial charge in [-0.25, -0.2) is 9.59 Å². The number of nitrogens with zero attached hydrogens (tertiary/aromatic N) is 1. The summed E-state index contributed by atoms with van der Waals surface area (Å²) >= 11 is 0. The number of aliphatic carboxylic acids is 1. The monoisotopic (exact) mass is 271 g/mol. The Morgan fingerprint density at radius 1 is 1.37 bits per heavy atom. The number of carboxylic acid groups (broad SMARTS) is 1. The molecule has 1 saturated carbocycles. The van der Waals surface area contributed by atoms with E-state index in [4.69, 9.17) is 5.11 Å². The van der Waals surface area contributed by atoms with Crippen molar-refractivity contribution < 1.29 is 14.7 Å². The van der Waals surface area contributed by atoms with E-state index in [9.17, 15) is 9.59 Å². The Bertz CT molecular complexity index is 304. The van der Waals surface area contributed by atoms with E-state index in [-0.39, 0.29) is 0 Å². The molecule has 1 aliphatic rings. The third kappa shape index (κ3) is 5.46. The number of urea groups is 1. The summed E-state index contributed by atoms with van der Waals surface area (Å²) in [5.74, 6) is -0.999. The van der Waals surface area contributed by atoms with Crippen molar-refractivity contribution in [1.82, 2.24) is 15.5 Å². The normalized spacial score (nSPS) is 17.4. The molecule has 0 aromatic carbocycles. The molecule has 0 radical (unpaired) electrons. The second-order valence-electron chi connectivity index (χ2n) is 5.12. The maximum atomic E-state index is 11.5.